The Balaban J connectivity index is 2.47. The monoisotopic (exact) mass is 249 g/mol. The van der Waals surface area contributed by atoms with E-state index in [1.165, 1.54) is 10.9 Å². The van der Waals surface area contributed by atoms with Crippen molar-refractivity contribution in [3.8, 4) is 11.9 Å². The average Bonchev–Trinajstić information content (AvgIpc) is 2.65. The maximum atomic E-state index is 8.62. The van der Waals surface area contributed by atoms with E-state index in [1.54, 1.807) is 18.6 Å². The van der Waals surface area contributed by atoms with Gasteiger partial charge in [-0.05, 0) is 15.9 Å². The molecule has 0 bridgehead atoms. The van der Waals surface area contributed by atoms with Crippen LogP contribution in [0.25, 0.3) is 5.82 Å². The van der Waals surface area contributed by atoms with Gasteiger partial charge >= 0.3 is 0 Å². The van der Waals surface area contributed by atoms with Gasteiger partial charge in [0.2, 0.25) is 0 Å². The van der Waals surface area contributed by atoms with E-state index in [9.17, 15) is 0 Å². The SMILES string of the molecule is N#Cc1cncc(-n2cc(Br)cn2)n1. The van der Waals surface area contributed by atoms with E-state index in [0.29, 0.717) is 5.82 Å². The quantitative estimate of drug-likeness (QED) is 0.764. The summed E-state index contributed by atoms with van der Waals surface area (Å²) >= 11 is 3.27. The fraction of sp³-hybridized carbons (Fsp3) is 0. The van der Waals surface area contributed by atoms with Crippen LogP contribution in [-0.4, -0.2) is 19.7 Å². The van der Waals surface area contributed by atoms with E-state index in [4.69, 9.17) is 5.26 Å². The molecule has 0 aromatic carbocycles. The Morgan fingerprint density at radius 2 is 2.21 bits per heavy atom. The smallest absolute Gasteiger partial charge is 0.173 e. The zero-order chi connectivity index (χ0) is 9.97. The number of nitriles is 1. The minimum atomic E-state index is 0.272. The number of nitrogens with zero attached hydrogens (tertiary/aromatic N) is 5. The summed E-state index contributed by atoms with van der Waals surface area (Å²) in [5.74, 6) is 0.523. The molecule has 0 spiro atoms. The highest BCUT2D eigenvalue weighted by atomic mass is 79.9. The molecule has 0 amide bonds. The Morgan fingerprint density at radius 1 is 1.36 bits per heavy atom. The number of aromatic nitrogens is 4. The van der Waals surface area contributed by atoms with E-state index in [1.807, 2.05) is 6.07 Å². The van der Waals surface area contributed by atoms with Gasteiger partial charge in [-0.1, -0.05) is 0 Å². The van der Waals surface area contributed by atoms with E-state index in [2.05, 4.69) is 31.0 Å². The van der Waals surface area contributed by atoms with Crippen molar-refractivity contribution in [2.24, 2.45) is 0 Å². The molecular formula is C8H4BrN5. The van der Waals surface area contributed by atoms with Crippen LogP contribution in [0.2, 0.25) is 0 Å². The van der Waals surface area contributed by atoms with E-state index < -0.39 is 0 Å². The van der Waals surface area contributed by atoms with Crippen molar-refractivity contribution in [2.45, 2.75) is 0 Å². The van der Waals surface area contributed by atoms with E-state index in [-0.39, 0.29) is 5.69 Å². The molecule has 2 aromatic rings. The fourth-order valence-electron chi connectivity index (χ4n) is 0.946. The van der Waals surface area contributed by atoms with Gasteiger partial charge in [0.05, 0.1) is 23.1 Å². The van der Waals surface area contributed by atoms with Crippen LogP contribution >= 0.6 is 15.9 Å². The molecule has 6 heteroatoms. The highest BCUT2D eigenvalue weighted by Crippen LogP contribution is 2.09. The lowest BCUT2D eigenvalue weighted by Gasteiger charge is -1.97. The maximum absolute atomic E-state index is 8.62. The van der Waals surface area contributed by atoms with E-state index in [0.717, 1.165) is 4.47 Å². The lowest BCUT2D eigenvalue weighted by Crippen LogP contribution is -1.99. The van der Waals surface area contributed by atoms with Gasteiger partial charge in [-0.25, -0.2) is 9.67 Å². The third-order valence-corrected chi connectivity index (χ3v) is 1.93. The molecule has 2 rings (SSSR count). The van der Waals surface area contributed by atoms with Crippen molar-refractivity contribution < 1.29 is 0 Å². The van der Waals surface area contributed by atoms with Crippen molar-refractivity contribution in [3.63, 3.8) is 0 Å². The molecule has 0 saturated carbocycles. The Bertz CT molecular complexity index is 498. The largest absolute Gasteiger partial charge is 0.258 e. The molecule has 0 atom stereocenters. The minimum absolute atomic E-state index is 0.272. The summed E-state index contributed by atoms with van der Waals surface area (Å²) in [4.78, 5) is 7.91. The fourth-order valence-corrected chi connectivity index (χ4v) is 1.23. The van der Waals surface area contributed by atoms with Crippen molar-refractivity contribution in [2.75, 3.05) is 0 Å². The predicted molar refractivity (Wildman–Crippen MR) is 51.6 cm³/mol. The summed E-state index contributed by atoms with van der Waals surface area (Å²) < 4.78 is 2.39. The predicted octanol–water partition coefficient (Wildman–Crippen LogP) is 1.30. The van der Waals surface area contributed by atoms with Crippen LogP contribution in [0.15, 0.2) is 29.3 Å². The Kier molecular flexibility index (Phi) is 2.24. The van der Waals surface area contributed by atoms with E-state index >= 15 is 0 Å². The lowest BCUT2D eigenvalue weighted by molar-refractivity contribution is 0.834. The topological polar surface area (TPSA) is 67.4 Å². The summed E-state index contributed by atoms with van der Waals surface area (Å²) in [5.41, 5.74) is 0.272. The molecule has 0 aliphatic heterocycles. The maximum Gasteiger partial charge on any atom is 0.173 e. The molecule has 5 nitrogen and oxygen atoms in total. The highest BCUT2D eigenvalue weighted by molar-refractivity contribution is 9.10. The summed E-state index contributed by atoms with van der Waals surface area (Å²) in [6.07, 6.45) is 6.33. The Morgan fingerprint density at radius 3 is 2.86 bits per heavy atom. The van der Waals surface area contributed by atoms with Crippen molar-refractivity contribution >= 4 is 15.9 Å². The molecule has 2 aromatic heterocycles. The van der Waals surface area contributed by atoms with Crippen LogP contribution in [0, 0.1) is 11.3 Å². The molecule has 0 unspecified atom stereocenters. The first-order valence-electron chi connectivity index (χ1n) is 3.72. The van der Waals surface area contributed by atoms with Crippen molar-refractivity contribution in [1.29, 1.82) is 5.26 Å². The Hall–Kier alpha value is -1.74. The normalized spacial score (nSPS) is 9.71. The van der Waals surface area contributed by atoms with Crippen LogP contribution in [-0.2, 0) is 0 Å². The van der Waals surface area contributed by atoms with Crippen LogP contribution in [0.4, 0.5) is 0 Å². The standard InChI is InChI=1S/C8H4BrN5/c9-6-2-12-14(5-6)8-4-11-3-7(1-10)13-8/h2-5H. The zero-order valence-electron chi connectivity index (χ0n) is 6.92. The minimum Gasteiger partial charge on any atom is -0.258 e. The van der Waals surface area contributed by atoms with Gasteiger partial charge < -0.3 is 0 Å². The average molecular weight is 250 g/mol. The van der Waals surface area contributed by atoms with Gasteiger partial charge in [0.15, 0.2) is 11.5 Å². The van der Waals surface area contributed by atoms with Gasteiger partial charge in [0, 0.05) is 6.20 Å². The number of hydrogen-bond donors (Lipinski definition) is 0. The second-order valence-electron chi connectivity index (χ2n) is 2.48. The third kappa shape index (κ3) is 1.63. The number of halogens is 1. The van der Waals surface area contributed by atoms with Crippen LogP contribution in [0.5, 0.6) is 0 Å². The molecule has 0 aliphatic rings. The molecule has 2 heterocycles. The first-order chi connectivity index (χ1) is 6.79. The van der Waals surface area contributed by atoms with Gasteiger partial charge in [-0.3, -0.25) is 4.98 Å². The highest BCUT2D eigenvalue weighted by Gasteiger charge is 2.01. The number of rotatable bonds is 1. The molecule has 0 radical (unpaired) electrons. The van der Waals surface area contributed by atoms with Gasteiger partial charge in [0.1, 0.15) is 6.07 Å². The molecule has 68 valence electrons. The molecular weight excluding hydrogens is 246 g/mol. The Labute approximate surface area is 88.2 Å². The summed E-state index contributed by atoms with van der Waals surface area (Å²) in [7, 11) is 0. The molecule has 0 fully saturated rings. The van der Waals surface area contributed by atoms with Crippen molar-refractivity contribution in [3.05, 3.63) is 35.0 Å². The lowest BCUT2D eigenvalue weighted by atomic mass is 10.5. The third-order valence-electron chi connectivity index (χ3n) is 1.52. The second-order valence-corrected chi connectivity index (χ2v) is 3.39. The van der Waals surface area contributed by atoms with Gasteiger partial charge in [-0.2, -0.15) is 10.4 Å². The first kappa shape index (κ1) is 8.84. The van der Waals surface area contributed by atoms with Gasteiger partial charge in [0.25, 0.3) is 0 Å². The summed E-state index contributed by atoms with van der Waals surface area (Å²) in [6, 6.07) is 1.92. The molecule has 0 aliphatic carbocycles. The molecule has 14 heavy (non-hydrogen) atoms. The van der Waals surface area contributed by atoms with Crippen LogP contribution < -0.4 is 0 Å². The zero-order valence-corrected chi connectivity index (χ0v) is 8.51. The summed E-state index contributed by atoms with van der Waals surface area (Å²) in [5, 5.41) is 12.6. The first-order valence-corrected chi connectivity index (χ1v) is 4.51. The molecule has 0 saturated heterocycles. The van der Waals surface area contributed by atoms with Gasteiger partial charge in [-0.15, -0.1) is 0 Å². The van der Waals surface area contributed by atoms with Crippen LogP contribution in [0.1, 0.15) is 5.69 Å². The number of hydrogen-bond acceptors (Lipinski definition) is 4. The molecule has 0 N–H and O–H groups in total. The second kappa shape index (κ2) is 3.55. The van der Waals surface area contributed by atoms with Crippen LogP contribution in [0.3, 0.4) is 0 Å². The van der Waals surface area contributed by atoms with Crippen molar-refractivity contribution in [1.82, 2.24) is 19.7 Å². The summed E-state index contributed by atoms with van der Waals surface area (Å²) in [6.45, 7) is 0.